The lowest BCUT2D eigenvalue weighted by Gasteiger charge is -2.01. The molecular weight excluding hydrogens is 155 g/mol. The molecule has 0 N–H and O–H groups in total. The molecule has 0 amide bonds. The molecule has 0 nitrogen and oxygen atoms in total. The smallest absolute Gasteiger partial charge is 0.168 e. The van der Waals surface area contributed by atoms with E-state index >= 15 is 0 Å². The average molecular weight is 160 g/mol. The van der Waals surface area contributed by atoms with Crippen LogP contribution in [0.1, 0.15) is 0 Å². The summed E-state index contributed by atoms with van der Waals surface area (Å²) in [5.41, 5.74) is 0. The van der Waals surface area contributed by atoms with E-state index in [1.54, 1.807) is 0 Å². The van der Waals surface area contributed by atoms with Crippen LogP contribution in [0.3, 0.4) is 0 Å². The van der Waals surface area contributed by atoms with E-state index in [1.807, 2.05) is 0 Å². The second kappa shape index (κ2) is 2.36. The minimum Gasteiger partial charge on any atom is -0.241 e. The Kier molecular flexibility index (Phi) is 1.83. The Morgan fingerprint density at radius 1 is 0.400 bits per heavy atom. The van der Waals surface area contributed by atoms with E-state index in [-0.39, 0.29) is 0 Å². The van der Waals surface area contributed by atoms with E-state index in [9.17, 15) is 22.0 Å². The van der Waals surface area contributed by atoms with Gasteiger partial charge >= 0.3 is 0 Å². The molecule has 0 aliphatic heterocycles. The van der Waals surface area contributed by atoms with Crippen molar-refractivity contribution >= 4 is 0 Å². The normalized spacial score (nSPS) is 55.5. The third-order valence-corrected chi connectivity index (χ3v) is 1.52. The molecule has 1 fully saturated rings. The summed E-state index contributed by atoms with van der Waals surface area (Å²) in [6.07, 6.45) is -13.2. The summed E-state index contributed by atoms with van der Waals surface area (Å²) in [7, 11) is 0. The van der Waals surface area contributed by atoms with Gasteiger partial charge in [-0.25, -0.2) is 22.0 Å². The van der Waals surface area contributed by atoms with Crippen molar-refractivity contribution in [2.24, 2.45) is 0 Å². The Hall–Kier alpha value is -0.350. The highest BCUT2D eigenvalue weighted by molar-refractivity contribution is 4.99. The van der Waals surface area contributed by atoms with Gasteiger partial charge in [-0.3, -0.25) is 0 Å². The molecule has 0 spiro atoms. The molecule has 5 heteroatoms. The molecule has 0 aromatic rings. The maximum atomic E-state index is 12.0. The third-order valence-electron chi connectivity index (χ3n) is 1.52. The quantitative estimate of drug-likeness (QED) is 0.473. The Labute approximate surface area is 54.0 Å². The highest BCUT2D eigenvalue weighted by atomic mass is 19.2. The molecule has 0 aromatic carbocycles. The summed E-state index contributed by atoms with van der Waals surface area (Å²) >= 11 is 0. The van der Waals surface area contributed by atoms with Crippen LogP contribution in [-0.2, 0) is 0 Å². The first kappa shape index (κ1) is 7.75. The highest BCUT2D eigenvalue weighted by Crippen LogP contribution is 2.33. The zero-order valence-corrected chi connectivity index (χ0v) is 4.78. The van der Waals surface area contributed by atoms with Crippen LogP contribution in [0.15, 0.2) is 0 Å². The van der Waals surface area contributed by atoms with Crippen molar-refractivity contribution in [1.29, 1.82) is 0 Å². The predicted molar refractivity (Wildman–Crippen MR) is 24.5 cm³/mol. The molecule has 0 heterocycles. The number of hydrogen-bond donors (Lipinski definition) is 0. The molecule has 0 radical (unpaired) electrons. The molecule has 1 rings (SSSR count). The molecule has 0 atom stereocenters. The minimum atomic E-state index is -2.65. The van der Waals surface area contributed by atoms with Crippen LogP contribution < -0.4 is 0 Å². The molecule has 0 saturated heterocycles. The fraction of sp³-hybridized carbons (Fsp3) is 1.00. The Bertz CT molecular complexity index is 82.4. The van der Waals surface area contributed by atoms with Crippen LogP contribution in [0.5, 0.6) is 0 Å². The first-order chi connectivity index (χ1) is 4.55. The van der Waals surface area contributed by atoms with E-state index in [4.69, 9.17) is 0 Å². The molecule has 0 bridgehead atoms. The summed E-state index contributed by atoms with van der Waals surface area (Å²) in [6.45, 7) is 0. The minimum absolute atomic E-state index is 2.65. The zero-order chi connectivity index (χ0) is 7.89. The van der Waals surface area contributed by atoms with Crippen molar-refractivity contribution in [3.05, 3.63) is 0 Å². The molecule has 1 aliphatic carbocycles. The van der Waals surface area contributed by atoms with Gasteiger partial charge in [-0.1, -0.05) is 0 Å². The molecule has 1 aliphatic rings. The van der Waals surface area contributed by atoms with E-state index in [2.05, 4.69) is 0 Å². The number of alkyl halides is 5. The van der Waals surface area contributed by atoms with Crippen molar-refractivity contribution in [1.82, 2.24) is 0 Å². The Morgan fingerprint density at radius 3 is 0.600 bits per heavy atom. The van der Waals surface area contributed by atoms with Crippen LogP contribution in [0.2, 0.25) is 0 Å². The van der Waals surface area contributed by atoms with Crippen LogP contribution in [0, 0.1) is 0 Å². The van der Waals surface area contributed by atoms with Crippen molar-refractivity contribution in [3.8, 4) is 0 Å². The molecule has 60 valence electrons. The molecule has 0 unspecified atom stereocenters. The van der Waals surface area contributed by atoms with E-state index < -0.39 is 30.9 Å². The largest absolute Gasteiger partial charge is 0.241 e. The summed E-state index contributed by atoms with van der Waals surface area (Å²) in [6, 6.07) is 0. The first-order valence-corrected chi connectivity index (χ1v) is 2.76. The zero-order valence-electron chi connectivity index (χ0n) is 4.78. The van der Waals surface area contributed by atoms with Gasteiger partial charge in [0.15, 0.2) is 30.9 Å². The Morgan fingerprint density at radius 2 is 0.500 bits per heavy atom. The summed E-state index contributed by atoms with van der Waals surface area (Å²) in [5.74, 6) is 0. The topological polar surface area (TPSA) is 0 Å². The van der Waals surface area contributed by atoms with E-state index in [0.29, 0.717) is 0 Å². The van der Waals surface area contributed by atoms with Gasteiger partial charge in [-0.05, 0) is 0 Å². The standard InChI is InChI=1S/C5H5F5/c6-1-2(7)4(9)5(10)3(1)8/h1-5H. The SMILES string of the molecule is FC1C(F)C(F)C(F)C1F. The summed E-state index contributed by atoms with van der Waals surface area (Å²) in [5, 5.41) is 0. The lowest BCUT2D eigenvalue weighted by molar-refractivity contribution is 0.111. The maximum absolute atomic E-state index is 12.0. The van der Waals surface area contributed by atoms with Crippen molar-refractivity contribution in [2.45, 2.75) is 30.9 Å². The van der Waals surface area contributed by atoms with Crippen molar-refractivity contribution < 1.29 is 22.0 Å². The van der Waals surface area contributed by atoms with E-state index in [1.165, 1.54) is 0 Å². The maximum Gasteiger partial charge on any atom is 0.168 e. The van der Waals surface area contributed by atoms with Gasteiger partial charge in [0.05, 0.1) is 0 Å². The molecule has 1 saturated carbocycles. The highest BCUT2D eigenvalue weighted by Gasteiger charge is 2.53. The summed E-state index contributed by atoms with van der Waals surface area (Å²) in [4.78, 5) is 0. The van der Waals surface area contributed by atoms with E-state index in [0.717, 1.165) is 0 Å². The van der Waals surface area contributed by atoms with Gasteiger partial charge < -0.3 is 0 Å². The van der Waals surface area contributed by atoms with Gasteiger partial charge in [-0.15, -0.1) is 0 Å². The van der Waals surface area contributed by atoms with Gasteiger partial charge in [0.2, 0.25) is 0 Å². The number of halogens is 5. The predicted octanol–water partition coefficient (Wildman–Crippen LogP) is 1.69. The Balaban J connectivity index is 2.68. The second-order valence-corrected chi connectivity index (χ2v) is 2.22. The van der Waals surface area contributed by atoms with Crippen LogP contribution in [-0.4, -0.2) is 30.9 Å². The van der Waals surface area contributed by atoms with Crippen LogP contribution in [0.4, 0.5) is 22.0 Å². The molecular formula is C5H5F5. The van der Waals surface area contributed by atoms with Gasteiger partial charge in [0, 0.05) is 0 Å². The lowest BCUT2D eigenvalue weighted by Crippen LogP contribution is -2.20. The molecule has 0 aromatic heterocycles. The van der Waals surface area contributed by atoms with Crippen LogP contribution >= 0.6 is 0 Å². The van der Waals surface area contributed by atoms with Crippen molar-refractivity contribution in [3.63, 3.8) is 0 Å². The summed E-state index contributed by atoms with van der Waals surface area (Å²) < 4.78 is 59.9. The monoisotopic (exact) mass is 160 g/mol. The lowest BCUT2D eigenvalue weighted by atomic mass is 10.3. The first-order valence-electron chi connectivity index (χ1n) is 2.76. The fourth-order valence-electron chi connectivity index (χ4n) is 0.878. The van der Waals surface area contributed by atoms with Gasteiger partial charge in [-0.2, -0.15) is 0 Å². The second-order valence-electron chi connectivity index (χ2n) is 2.22. The van der Waals surface area contributed by atoms with Gasteiger partial charge in [0.1, 0.15) is 0 Å². The van der Waals surface area contributed by atoms with Crippen LogP contribution in [0.25, 0.3) is 0 Å². The fourth-order valence-corrected chi connectivity index (χ4v) is 0.878. The average Bonchev–Trinajstić information content (AvgIpc) is 2.07. The van der Waals surface area contributed by atoms with Crippen molar-refractivity contribution in [2.75, 3.05) is 0 Å². The third kappa shape index (κ3) is 0.876. The van der Waals surface area contributed by atoms with Gasteiger partial charge in [0.25, 0.3) is 0 Å². The number of rotatable bonds is 0. The molecule has 10 heavy (non-hydrogen) atoms. The number of hydrogen-bond acceptors (Lipinski definition) is 0.